The first-order valence-electron chi connectivity index (χ1n) is 4.46. The van der Waals surface area contributed by atoms with Crippen LogP contribution < -0.4 is 5.32 Å². The van der Waals surface area contributed by atoms with Crippen molar-refractivity contribution >= 4 is 22.0 Å². The molecule has 0 spiro atoms. The van der Waals surface area contributed by atoms with Gasteiger partial charge in [0.25, 0.3) is 0 Å². The Balaban J connectivity index is 3.64. The highest BCUT2D eigenvalue weighted by Gasteiger charge is 2.16. The van der Waals surface area contributed by atoms with Crippen LogP contribution in [0.5, 0.6) is 0 Å². The molecule has 0 bridgehead atoms. The Labute approximate surface area is 88.4 Å². The van der Waals surface area contributed by atoms with Crippen molar-refractivity contribution in [3.63, 3.8) is 0 Å². The van der Waals surface area contributed by atoms with Crippen LogP contribution in [-0.2, 0) is 4.74 Å². The summed E-state index contributed by atoms with van der Waals surface area (Å²) in [4.78, 5) is 11.4. The molecule has 3 nitrogen and oxygen atoms in total. The van der Waals surface area contributed by atoms with Crippen molar-refractivity contribution in [1.29, 1.82) is 0 Å². The molecule has 1 amide bonds. The molecule has 0 aliphatic carbocycles. The minimum atomic E-state index is -0.419. The van der Waals surface area contributed by atoms with E-state index in [9.17, 15) is 4.79 Å². The smallest absolute Gasteiger partial charge is 0.407 e. The molecular formula is C9H18BrNO2. The van der Waals surface area contributed by atoms with Crippen LogP contribution in [0.3, 0.4) is 0 Å². The Bertz CT molecular complexity index is 165. The maximum atomic E-state index is 11.1. The summed E-state index contributed by atoms with van der Waals surface area (Å²) in [6.45, 7) is 8.19. The third-order valence-electron chi connectivity index (χ3n) is 1.31. The van der Waals surface area contributed by atoms with Gasteiger partial charge in [0.15, 0.2) is 0 Å². The first kappa shape index (κ1) is 12.8. The number of amides is 1. The van der Waals surface area contributed by atoms with Gasteiger partial charge in [-0.3, -0.25) is 0 Å². The summed E-state index contributed by atoms with van der Waals surface area (Å²) in [6.07, 6.45) is 0.626. The van der Waals surface area contributed by atoms with Crippen LogP contribution in [0, 0.1) is 0 Å². The van der Waals surface area contributed by atoms with E-state index in [4.69, 9.17) is 4.74 Å². The molecule has 0 aliphatic rings. The molecule has 0 aromatic rings. The molecule has 0 aliphatic heterocycles. The van der Waals surface area contributed by atoms with E-state index in [-0.39, 0.29) is 6.09 Å². The molecule has 0 saturated carbocycles. The molecule has 4 heteroatoms. The zero-order chi connectivity index (χ0) is 10.5. The topological polar surface area (TPSA) is 38.3 Å². The van der Waals surface area contributed by atoms with Gasteiger partial charge in [-0.15, -0.1) is 0 Å². The largest absolute Gasteiger partial charge is 0.444 e. The minimum absolute atomic E-state index is 0.319. The Morgan fingerprint density at radius 1 is 1.54 bits per heavy atom. The number of carbonyl (C=O) groups excluding carboxylic acids is 1. The first-order chi connectivity index (χ1) is 5.85. The maximum absolute atomic E-state index is 11.1. The van der Waals surface area contributed by atoms with Gasteiger partial charge in [-0.2, -0.15) is 0 Å². The van der Waals surface area contributed by atoms with Crippen LogP contribution in [0.2, 0.25) is 0 Å². The molecule has 0 rings (SSSR count). The van der Waals surface area contributed by atoms with Gasteiger partial charge < -0.3 is 10.1 Å². The molecule has 0 aromatic carbocycles. The lowest BCUT2D eigenvalue weighted by Crippen LogP contribution is -2.35. The Morgan fingerprint density at radius 3 is 2.46 bits per heavy atom. The van der Waals surface area contributed by atoms with E-state index in [0.717, 1.165) is 6.42 Å². The van der Waals surface area contributed by atoms with E-state index < -0.39 is 5.60 Å². The monoisotopic (exact) mass is 251 g/mol. The van der Waals surface area contributed by atoms with Crippen LogP contribution >= 0.6 is 15.9 Å². The molecule has 0 fully saturated rings. The highest BCUT2D eigenvalue weighted by molar-refractivity contribution is 9.09. The van der Waals surface area contributed by atoms with Crippen molar-refractivity contribution in [2.75, 3.05) is 6.54 Å². The Kier molecular flexibility index (Phi) is 5.37. The lowest BCUT2D eigenvalue weighted by molar-refractivity contribution is 0.0528. The van der Waals surface area contributed by atoms with Crippen molar-refractivity contribution in [1.82, 2.24) is 5.32 Å². The Morgan fingerprint density at radius 2 is 2.08 bits per heavy atom. The lowest BCUT2D eigenvalue weighted by atomic mass is 10.2. The van der Waals surface area contributed by atoms with Crippen molar-refractivity contribution < 1.29 is 9.53 Å². The van der Waals surface area contributed by atoms with E-state index >= 15 is 0 Å². The molecule has 1 atom stereocenters. The summed E-state index contributed by atoms with van der Waals surface area (Å²) in [7, 11) is 0. The van der Waals surface area contributed by atoms with Crippen molar-refractivity contribution in [2.24, 2.45) is 0 Å². The fourth-order valence-corrected chi connectivity index (χ4v) is 0.814. The number of hydrogen-bond donors (Lipinski definition) is 1. The van der Waals surface area contributed by atoms with Crippen LogP contribution in [0.25, 0.3) is 0 Å². The molecule has 1 N–H and O–H groups in total. The third-order valence-corrected chi connectivity index (χ3v) is 2.28. The van der Waals surface area contributed by atoms with Crippen LogP contribution in [0.1, 0.15) is 34.1 Å². The second kappa shape index (κ2) is 5.47. The van der Waals surface area contributed by atoms with E-state index in [1.807, 2.05) is 20.8 Å². The van der Waals surface area contributed by atoms with E-state index in [1.165, 1.54) is 0 Å². The average molecular weight is 252 g/mol. The minimum Gasteiger partial charge on any atom is -0.444 e. The Hall–Kier alpha value is -0.250. The zero-order valence-electron chi connectivity index (χ0n) is 8.69. The molecular weight excluding hydrogens is 234 g/mol. The van der Waals surface area contributed by atoms with Gasteiger partial charge in [-0.05, 0) is 27.2 Å². The van der Waals surface area contributed by atoms with Crippen LogP contribution in [-0.4, -0.2) is 23.1 Å². The normalized spacial score (nSPS) is 13.6. The van der Waals surface area contributed by atoms with E-state index in [1.54, 1.807) is 0 Å². The summed E-state index contributed by atoms with van der Waals surface area (Å²) >= 11 is 3.41. The fraction of sp³-hybridized carbons (Fsp3) is 0.889. The molecule has 0 aromatic heterocycles. The average Bonchev–Trinajstić information content (AvgIpc) is 1.97. The van der Waals surface area contributed by atoms with E-state index in [2.05, 4.69) is 28.2 Å². The van der Waals surface area contributed by atoms with Crippen LogP contribution in [0.15, 0.2) is 0 Å². The summed E-state index contributed by atoms with van der Waals surface area (Å²) in [5, 5.41) is 2.68. The van der Waals surface area contributed by atoms with Crippen LogP contribution in [0.4, 0.5) is 4.79 Å². The summed E-state index contributed by atoms with van der Waals surface area (Å²) < 4.78 is 5.06. The number of alkyl halides is 1. The second-order valence-corrected chi connectivity index (χ2v) is 5.18. The molecule has 0 saturated heterocycles. The molecule has 0 radical (unpaired) electrons. The number of ether oxygens (including phenoxy) is 1. The highest BCUT2D eigenvalue weighted by atomic mass is 79.9. The van der Waals surface area contributed by atoms with E-state index in [0.29, 0.717) is 11.4 Å². The third kappa shape index (κ3) is 8.09. The van der Waals surface area contributed by atoms with Gasteiger partial charge in [-0.1, -0.05) is 22.9 Å². The molecule has 13 heavy (non-hydrogen) atoms. The van der Waals surface area contributed by atoms with Crippen molar-refractivity contribution in [3.8, 4) is 0 Å². The molecule has 1 unspecified atom stereocenters. The highest BCUT2D eigenvalue weighted by Crippen LogP contribution is 2.07. The van der Waals surface area contributed by atoms with Gasteiger partial charge in [0, 0.05) is 11.4 Å². The summed E-state index contributed by atoms with van der Waals surface area (Å²) in [5.74, 6) is 0. The number of hydrogen-bond acceptors (Lipinski definition) is 2. The van der Waals surface area contributed by atoms with Gasteiger partial charge in [-0.25, -0.2) is 4.79 Å². The number of carbonyl (C=O) groups is 1. The number of rotatable bonds is 3. The van der Waals surface area contributed by atoms with Crippen molar-refractivity contribution in [3.05, 3.63) is 0 Å². The number of halogens is 1. The van der Waals surface area contributed by atoms with Gasteiger partial charge in [0.05, 0.1) is 0 Å². The van der Waals surface area contributed by atoms with Gasteiger partial charge in [0.1, 0.15) is 5.60 Å². The molecule has 78 valence electrons. The van der Waals surface area contributed by atoms with Gasteiger partial charge >= 0.3 is 6.09 Å². The lowest BCUT2D eigenvalue weighted by Gasteiger charge is -2.20. The number of nitrogens with one attached hydrogen (secondary N) is 1. The standard InChI is InChI=1S/C9H18BrNO2/c1-5-7(10)6-11-8(12)13-9(2,3)4/h7H,5-6H2,1-4H3,(H,11,12). The zero-order valence-corrected chi connectivity index (χ0v) is 10.3. The molecule has 0 heterocycles. The quantitative estimate of drug-likeness (QED) is 0.784. The first-order valence-corrected chi connectivity index (χ1v) is 5.37. The fourth-order valence-electron chi connectivity index (χ4n) is 0.653. The predicted molar refractivity (Wildman–Crippen MR) is 57.2 cm³/mol. The second-order valence-electron chi connectivity index (χ2n) is 3.89. The maximum Gasteiger partial charge on any atom is 0.407 e. The SMILES string of the molecule is CCC(Br)CNC(=O)OC(C)(C)C. The summed E-state index contributed by atoms with van der Waals surface area (Å²) in [5.41, 5.74) is -0.419. The summed E-state index contributed by atoms with van der Waals surface area (Å²) in [6, 6.07) is 0. The van der Waals surface area contributed by atoms with Gasteiger partial charge in [0.2, 0.25) is 0 Å². The predicted octanol–water partition coefficient (Wildman–Crippen LogP) is 2.68. The number of alkyl carbamates (subject to hydrolysis) is 1. The van der Waals surface area contributed by atoms with Crippen molar-refractivity contribution in [2.45, 2.75) is 44.5 Å².